The maximum absolute atomic E-state index is 12.6. The summed E-state index contributed by atoms with van der Waals surface area (Å²) in [5.74, 6) is -3.20. The maximum atomic E-state index is 12.6. The van der Waals surface area contributed by atoms with Crippen molar-refractivity contribution in [1.82, 2.24) is 0 Å². The second-order valence-corrected chi connectivity index (χ2v) is 7.74. The molecule has 0 unspecified atom stereocenters. The van der Waals surface area contributed by atoms with Gasteiger partial charge in [0.15, 0.2) is 0 Å². The van der Waals surface area contributed by atoms with E-state index in [1.165, 1.54) is 13.8 Å². The molecule has 0 aliphatic carbocycles. The minimum atomic E-state index is -4.32. The molecule has 0 spiro atoms. The zero-order chi connectivity index (χ0) is 21.3. The standard InChI is InChI=1S/C17H26O9S.Mg.2H/c1-6-7-17(10-25-14(18)12(2)3,11-26-15(19)13(4)5)16(20)24-8-9-27(21,22)23;;;/h2,4,6-11H2,1,3,5H3,(H,21,22,23);;;/q;+2;2*-1. The molecule has 0 saturated heterocycles. The quantitative estimate of drug-likeness (QED) is 0.159. The molecule has 1 N–H and O–H groups in total. The third kappa shape index (κ3) is 10.8. The molecule has 28 heavy (non-hydrogen) atoms. The van der Waals surface area contributed by atoms with Crippen molar-refractivity contribution in [3.63, 3.8) is 0 Å². The molecule has 0 saturated carbocycles. The molecule has 158 valence electrons. The van der Waals surface area contributed by atoms with E-state index in [2.05, 4.69) is 13.2 Å². The van der Waals surface area contributed by atoms with Crippen LogP contribution in [0.2, 0.25) is 0 Å². The van der Waals surface area contributed by atoms with Crippen molar-refractivity contribution in [2.24, 2.45) is 5.41 Å². The fraction of sp³-hybridized carbons (Fsp3) is 0.588. The van der Waals surface area contributed by atoms with Crippen LogP contribution in [0.25, 0.3) is 0 Å². The third-order valence-electron chi connectivity index (χ3n) is 3.39. The van der Waals surface area contributed by atoms with Crippen molar-refractivity contribution in [3.05, 3.63) is 24.3 Å². The van der Waals surface area contributed by atoms with E-state index in [0.29, 0.717) is 6.42 Å². The van der Waals surface area contributed by atoms with E-state index in [1.807, 2.05) is 0 Å². The van der Waals surface area contributed by atoms with E-state index < -0.39 is 59.0 Å². The summed E-state index contributed by atoms with van der Waals surface area (Å²) in [4.78, 5) is 36.0. The summed E-state index contributed by atoms with van der Waals surface area (Å²) in [6.07, 6.45) is 0.577. The van der Waals surface area contributed by atoms with Gasteiger partial charge in [-0.1, -0.05) is 26.5 Å². The number of rotatable bonds is 12. The molecule has 0 aliphatic rings. The zero-order valence-electron chi connectivity index (χ0n) is 18.5. The van der Waals surface area contributed by atoms with Gasteiger partial charge in [0, 0.05) is 11.1 Å². The van der Waals surface area contributed by atoms with Gasteiger partial charge in [0.1, 0.15) is 31.0 Å². The van der Waals surface area contributed by atoms with Gasteiger partial charge in [0.05, 0.1) is 0 Å². The Bertz CT molecular complexity index is 678. The predicted molar refractivity (Wildman–Crippen MR) is 104 cm³/mol. The third-order valence-corrected chi connectivity index (χ3v) is 4.07. The molecule has 9 nitrogen and oxygen atoms in total. The van der Waals surface area contributed by atoms with Crippen molar-refractivity contribution in [1.29, 1.82) is 0 Å². The largest absolute Gasteiger partial charge is 2.00 e. The monoisotopic (exact) mass is 432 g/mol. The van der Waals surface area contributed by atoms with E-state index in [9.17, 15) is 22.8 Å². The summed E-state index contributed by atoms with van der Waals surface area (Å²) in [6, 6.07) is 0. The van der Waals surface area contributed by atoms with Crippen LogP contribution in [-0.2, 0) is 38.7 Å². The molecule has 0 radical (unpaired) electrons. The number of carbonyl (C=O) groups is 3. The first-order chi connectivity index (χ1) is 12.3. The minimum Gasteiger partial charge on any atom is -1.00 e. The topological polar surface area (TPSA) is 133 Å². The van der Waals surface area contributed by atoms with Crippen molar-refractivity contribution in [3.8, 4) is 0 Å². The van der Waals surface area contributed by atoms with Gasteiger partial charge in [-0.15, -0.1) is 0 Å². The molecule has 0 amide bonds. The summed E-state index contributed by atoms with van der Waals surface area (Å²) in [7, 11) is -4.32. The number of carbonyl (C=O) groups excluding carboxylic acids is 3. The average Bonchev–Trinajstić information content (AvgIpc) is 2.55. The first-order valence-corrected chi connectivity index (χ1v) is 9.73. The SMILES string of the molecule is C=C(C)C(=O)OCC(CCC)(COC(=O)C(=C)C)C(=O)OCCS(=O)(=O)O.[H-].[H-].[Mg+2]. The van der Waals surface area contributed by atoms with Crippen molar-refractivity contribution >= 4 is 51.1 Å². The summed E-state index contributed by atoms with van der Waals surface area (Å²) in [5.41, 5.74) is -1.32. The molecular weight excluding hydrogens is 405 g/mol. The van der Waals surface area contributed by atoms with Crippen LogP contribution in [0.4, 0.5) is 0 Å². The average molecular weight is 433 g/mol. The number of esters is 3. The van der Waals surface area contributed by atoms with Gasteiger partial charge >= 0.3 is 41.0 Å². The van der Waals surface area contributed by atoms with E-state index in [4.69, 9.17) is 18.8 Å². The van der Waals surface area contributed by atoms with Crippen molar-refractivity contribution < 1.29 is 44.4 Å². The summed E-state index contributed by atoms with van der Waals surface area (Å²) >= 11 is 0. The van der Waals surface area contributed by atoms with Gasteiger partial charge in [0.2, 0.25) is 0 Å². The van der Waals surface area contributed by atoms with Crippen LogP contribution in [0, 0.1) is 5.41 Å². The van der Waals surface area contributed by atoms with Crippen molar-refractivity contribution in [2.75, 3.05) is 25.6 Å². The summed E-state index contributed by atoms with van der Waals surface area (Å²) < 4.78 is 45.3. The Hall–Kier alpha value is -1.43. The molecule has 11 heteroatoms. The molecule has 0 aromatic carbocycles. The van der Waals surface area contributed by atoms with Crippen LogP contribution in [0.3, 0.4) is 0 Å². The predicted octanol–water partition coefficient (Wildman–Crippen LogP) is 1.29. The summed E-state index contributed by atoms with van der Waals surface area (Å²) in [6.45, 7) is 9.96. The smallest absolute Gasteiger partial charge is 1.00 e. The van der Waals surface area contributed by atoms with Crippen LogP contribution in [0.1, 0.15) is 36.5 Å². The molecule has 0 bridgehead atoms. The van der Waals surface area contributed by atoms with Crippen molar-refractivity contribution in [2.45, 2.75) is 33.6 Å². The normalized spacial score (nSPS) is 11.0. The Morgan fingerprint density at radius 1 is 1.00 bits per heavy atom. The molecule has 0 aromatic heterocycles. The van der Waals surface area contributed by atoms with E-state index >= 15 is 0 Å². The molecule has 0 aliphatic heterocycles. The van der Waals surface area contributed by atoms with Gasteiger partial charge in [0.25, 0.3) is 10.1 Å². The van der Waals surface area contributed by atoms with Gasteiger partial charge < -0.3 is 17.1 Å². The van der Waals surface area contributed by atoms with E-state index in [0.717, 1.165) is 0 Å². The van der Waals surface area contributed by atoms with Gasteiger partial charge in [-0.05, 0) is 20.3 Å². The number of hydrogen-bond donors (Lipinski definition) is 1. The molecule has 0 heterocycles. The molecule has 0 rings (SSSR count). The first kappa shape index (κ1) is 28.8. The fourth-order valence-corrected chi connectivity index (χ4v) is 2.22. The van der Waals surface area contributed by atoms with Gasteiger partial charge in [-0.3, -0.25) is 9.35 Å². The Labute approximate surface area is 184 Å². The first-order valence-electron chi connectivity index (χ1n) is 8.12. The number of ether oxygens (including phenoxy) is 3. The Morgan fingerprint density at radius 2 is 1.43 bits per heavy atom. The van der Waals surface area contributed by atoms with Crippen LogP contribution in [0.15, 0.2) is 24.3 Å². The van der Waals surface area contributed by atoms with Crippen LogP contribution >= 0.6 is 0 Å². The van der Waals surface area contributed by atoms with Gasteiger partial charge in [-0.2, -0.15) is 8.42 Å². The molecular formula is C17H28MgO9S. The second-order valence-electron chi connectivity index (χ2n) is 6.17. The van der Waals surface area contributed by atoms with Gasteiger partial charge in [-0.25, -0.2) is 9.59 Å². The Kier molecular flexibility index (Phi) is 13.3. The Balaban J connectivity index is -0.00000113. The van der Waals surface area contributed by atoms with Crippen LogP contribution in [0.5, 0.6) is 0 Å². The van der Waals surface area contributed by atoms with Crippen LogP contribution < -0.4 is 0 Å². The van der Waals surface area contributed by atoms with E-state index in [-0.39, 0.29) is 43.5 Å². The van der Waals surface area contributed by atoms with Crippen LogP contribution in [-0.4, -0.2) is 79.5 Å². The Morgan fingerprint density at radius 3 is 1.75 bits per heavy atom. The minimum absolute atomic E-state index is 0. The van der Waals surface area contributed by atoms with E-state index in [1.54, 1.807) is 6.92 Å². The molecule has 0 aromatic rings. The maximum Gasteiger partial charge on any atom is 2.00 e. The molecule has 0 atom stereocenters. The summed E-state index contributed by atoms with van der Waals surface area (Å²) in [5, 5.41) is 0. The number of hydrogen-bond acceptors (Lipinski definition) is 8. The second kappa shape index (κ2) is 12.9. The zero-order valence-corrected chi connectivity index (χ0v) is 18.7. The fourth-order valence-electron chi connectivity index (χ4n) is 1.93. The molecule has 0 fully saturated rings.